The van der Waals surface area contributed by atoms with E-state index >= 15 is 0 Å². The van der Waals surface area contributed by atoms with Gasteiger partial charge in [-0.15, -0.1) is 0 Å². The van der Waals surface area contributed by atoms with Gasteiger partial charge < -0.3 is 4.90 Å². The number of likely N-dealkylation sites (N-methyl/N-ethyl adjacent to an activating group) is 1. The Bertz CT molecular complexity index is 364. The number of aromatic nitrogens is 1. The molecule has 0 atom stereocenters. The number of amides is 2. The number of pyridine rings is 1. The van der Waals surface area contributed by atoms with Crippen molar-refractivity contribution in [2.45, 2.75) is 6.92 Å². The molecule has 0 radical (unpaired) electrons. The van der Waals surface area contributed by atoms with E-state index in [1.807, 2.05) is 20.0 Å². The van der Waals surface area contributed by atoms with Crippen LogP contribution >= 0.6 is 0 Å². The van der Waals surface area contributed by atoms with Crippen molar-refractivity contribution in [3.8, 4) is 0 Å². The minimum absolute atomic E-state index is 0.0566. The number of aryl methyl sites for hydroxylation is 1. The minimum atomic E-state index is 0.0566. The first kappa shape index (κ1) is 8.99. The van der Waals surface area contributed by atoms with Gasteiger partial charge in [-0.2, -0.15) is 0 Å². The lowest BCUT2D eigenvalue weighted by molar-refractivity contribution is 0.229. The lowest BCUT2D eigenvalue weighted by Crippen LogP contribution is -2.29. The number of hydrogen-bond acceptors (Lipinski definition) is 2. The first-order valence-electron chi connectivity index (χ1n) is 4.63. The molecule has 0 aromatic carbocycles. The largest absolute Gasteiger partial charge is 0.326 e. The van der Waals surface area contributed by atoms with Gasteiger partial charge in [-0.05, 0) is 18.6 Å². The van der Waals surface area contributed by atoms with Crippen LogP contribution < -0.4 is 4.90 Å². The molecule has 1 saturated heterocycles. The van der Waals surface area contributed by atoms with E-state index in [-0.39, 0.29) is 6.03 Å². The molecule has 4 heteroatoms. The van der Waals surface area contributed by atoms with Crippen molar-refractivity contribution in [1.82, 2.24) is 9.88 Å². The molecular formula is C10H13N3O. The van der Waals surface area contributed by atoms with Gasteiger partial charge in [0.1, 0.15) is 0 Å². The fourth-order valence-electron chi connectivity index (χ4n) is 1.61. The summed E-state index contributed by atoms with van der Waals surface area (Å²) in [7, 11) is 1.81. The molecule has 0 bridgehead atoms. The summed E-state index contributed by atoms with van der Waals surface area (Å²) in [6.07, 6.45) is 3.48. The summed E-state index contributed by atoms with van der Waals surface area (Å²) in [4.78, 5) is 19.2. The van der Waals surface area contributed by atoms with Crippen LogP contribution in [0.15, 0.2) is 18.5 Å². The fraction of sp³-hybridized carbons (Fsp3) is 0.400. The van der Waals surface area contributed by atoms with Crippen LogP contribution in [0.25, 0.3) is 0 Å². The molecule has 1 aliphatic heterocycles. The fourth-order valence-corrected chi connectivity index (χ4v) is 1.61. The Morgan fingerprint density at radius 2 is 2.21 bits per heavy atom. The summed E-state index contributed by atoms with van der Waals surface area (Å²) >= 11 is 0. The second kappa shape index (κ2) is 3.29. The Morgan fingerprint density at radius 1 is 1.43 bits per heavy atom. The zero-order valence-electron chi connectivity index (χ0n) is 8.40. The molecule has 1 aromatic rings. The SMILES string of the molecule is Cc1ccncc1N1CCN(C)C1=O. The van der Waals surface area contributed by atoms with Crippen LogP contribution in [0.2, 0.25) is 0 Å². The standard InChI is InChI=1S/C10H13N3O/c1-8-3-4-11-7-9(8)13-6-5-12(2)10(13)14/h3-4,7H,5-6H2,1-2H3. The monoisotopic (exact) mass is 191 g/mol. The second-order valence-corrected chi connectivity index (χ2v) is 3.52. The third kappa shape index (κ3) is 1.32. The molecule has 4 nitrogen and oxygen atoms in total. The summed E-state index contributed by atoms with van der Waals surface area (Å²) in [5, 5.41) is 0. The van der Waals surface area contributed by atoms with Crippen LogP contribution in [-0.2, 0) is 0 Å². The third-order valence-corrected chi connectivity index (χ3v) is 2.52. The maximum atomic E-state index is 11.7. The van der Waals surface area contributed by atoms with Crippen LogP contribution in [0.5, 0.6) is 0 Å². The minimum Gasteiger partial charge on any atom is -0.326 e. The smallest absolute Gasteiger partial charge is 0.324 e. The first-order valence-corrected chi connectivity index (χ1v) is 4.63. The number of urea groups is 1. The molecule has 74 valence electrons. The van der Waals surface area contributed by atoms with Gasteiger partial charge in [0, 0.05) is 26.3 Å². The quantitative estimate of drug-likeness (QED) is 0.670. The highest BCUT2D eigenvalue weighted by molar-refractivity contribution is 5.94. The Kier molecular flexibility index (Phi) is 2.11. The van der Waals surface area contributed by atoms with Crippen molar-refractivity contribution >= 4 is 11.7 Å². The topological polar surface area (TPSA) is 36.4 Å². The van der Waals surface area contributed by atoms with E-state index in [4.69, 9.17) is 0 Å². The normalized spacial score (nSPS) is 16.6. The van der Waals surface area contributed by atoms with E-state index in [1.165, 1.54) is 0 Å². The highest BCUT2D eigenvalue weighted by Crippen LogP contribution is 2.21. The van der Waals surface area contributed by atoms with E-state index < -0.39 is 0 Å². The highest BCUT2D eigenvalue weighted by atomic mass is 16.2. The molecule has 2 heterocycles. The van der Waals surface area contributed by atoms with Gasteiger partial charge in [-0.25, -0.2) is 4.79 Å². The van der Waals surface area contributed by atoms with Crippen LogP contribution in [0.4, 0.5) is 10.5 Å². The van der Waals surface area contributed by atoms with Gasteiger partial charge in [0.25, 0.3) is 0 Å². The molecule has 1 fully saturated rings. The van der Waals surface area contributed by atoms with E-state index in [9.17, 15) is 4.79 Å². The van der Waals surface area contributed by atoms with E-state index in [0.717, 1.165) is 24.3 Å². The van der Waals surface area contributed by atoms with Crippen molar-refractivity contribution in [2.75, 3.05) is 25.0 Å². The lowest BCUT2D eigenvalue weighted by Gasteiger charge is -2.17. The van der Waals surface area contributed by atoms with Crippen molar-refractivity contribution < 1.29 is 4.79 Å². The Hall–Kier alpha value is -1.58. The van der Waals surface area contributed by atoms with Crippen molar-refractivity contribution in [1.29, 1.82) is 0 Å². The summed E-state index contributed by atoms with van der Waals surface area (Å²) in [6, 6.07) is 1.97. The molecule has 2 rings (SSSR count). The van der Waals surface area contributed by atoms with Crippen LogP contribution in [0.1, 0.15) is 5.56 Å². The van der Waals surface area contributed by atoms with Gasteiger partial charge in [0.05, 0.1) is 11.9 Å². The van der Waals surface area contributed by atoms with Crippen LogP contribution in [-0.4, -0.2) is 36.1 Å². The Balaban J connectivity index is 2.33. The van der Waals surface area contributed by atoms with Gasteiger partial charge in [-0.3, -0.25) is 9.88 Å². The van der Waals surface area contributed by atoms with E-state index in [1.54, 1.807) is 22.2 Å². The maximum absolute atomic E-state index is 11.7. The number of anilines is 1. The van der Waals surface area contributed by atoms with Gasteiger partial charge in [-0.1, -0.05) is 0 Å². The predicted octanol–water partition coefficient (Wildman–Crippen LogP) is 1.26. The van der Waals surface area contributed by atoms with Gasteiger partial charge in [0.15, 0.2) is 0 Å². The molecular weight excluding hydrogens is 178 g/mol. The molecule has 0 spiro atoms. The average molecular weight is 191 g/mol. The van der Waals surface area contributed by atoms with Crippen LogP contribution in [0, 0.1) is 6.92 Å². The van der Waals surface area contributed by atoms with Crippen LogP contribution in [0.3, 0.4) is 0 Å². The summed E-state index contributed by atoms with van der Waals surface area (Å²) in [6.45, 7) is 3.53. The zero-order chi connectivity index (χ0) is 10.1. The van der Waals surface area contributed by atoms with Crippen molar-refractivity contribution in [2.24, 2.45) is 0 Å². The zero-order valence-corrected chi connectivity index (χ0v) is 8.40. The third-order valence-electron chi connectivity index (χ3n) is 2.52. The van der Waals surface area contributed by atoms with Gasteiger partial charge in [0.2, 0.25) is 0 Å². The van der Waals surface area contributed by atoms with E-state index in [2.05, 4.69) is 4.98 Å². The van der Waals surface area contributed by atoms with E-state index in [0.29, 0.717) is 0 Å². The summed E-state index contributed by atoms with van der Waals surface area (Å²) in [5.41, 5.74) is 2.01. The molecule has 0 unspecified atom stereocenters. The second-order valence-electron chi connectivity index (χ2n) is 3.52. The van der Waals surface area contributed by atoms with Gasteiger partial charge >= 0.3 is 6.03 Å². The first-order chi connectivity index (χ1) is 6.70. The number of nitrogens with zero attached hydrogens (tertiary/aromatic N) is 3. The lowest BCUT2D eigenvalue weighted by atomic mass is 10.2. The molecule has 2 amide bonds. The predicted molar refractivity (Wildman–Crippen MR) is 54.3 cm³/mol. The summed E-state index contributed by atoms with van der Waals surface area (Å²) in [5.74, 6) is 0. The highest BCUT2D eigenvalue weighted by Gasteiger charge is 2.27. The summed E-state index contributed by atoms with van der Waals surface area (Å²) < 4.78 is 0. The molecule has 14 heavy (non-hydrogen) atoms. The number of hydrogen-bond donors (Lipinski definition) is 0. The number of rotatable bonds is 1. The molecule has 1 aliphatic rings. The molecule has 1 aromatic heterocycles. The maximum Gasteiger partial charge on any atom is 0.324 e. The molecule has 0 N–H and O–H groups in total. The Morgan fingerprint density at radius 3 is 2.79 bits per heavy atom. The number of carbonyl (C=O) groups excluding carboxylic acids is 1. The Labute approximate surface area is 83.2 Å². The molecule has 0 aliphatic carbocycles. The average Bonchev–Trinajstić information content (AvgIpc) is 2.49. The number of carbonyl (C=O) groups is 1. The molecule has 0 saturated carbocycles. The van der Waals surface area contributed by atoms with Crippen molar-refractivity contribution in [3.05, 3.63) is 24.0 Å². The van der Waals surface area contributed by atoms with Crippen molar-refractivity contribution in [3.63, 3.8) is 0 Å².